The minimum atomic E-state index is -1.07. The van der Waals surface area contributed by atoms with E-state index in [0.717, 1.165) is 18.6 Å². The second-order valence-electron chi connectivity index (χ2n) is 4.98. The molecule has 0 aromatic heterocycles. The van der Waals surface area contributed by atoms with E-state index in [0.29, 0.717) is 0 Å². The number of carbonyl (C=O) groups is 1. The van der Waals surface area contributed by atoms with Crippen LogP contribution in [-0.2, 0) is 0 Å². The number of carbonyl (C=O) groups excluding carboxylic acids is 1. The van der Waals surface area contributed by atoms with Crippen LogP contribution in [0.2, 0.25) is 0 Å². The van der Waals surface area contributed by atoms with E-state index in [2.05, 4.69) is 5.32 Å². The standard InChI is InChI=1S/C14H19F2NO2/c1-4-9(2)14(3,19)8-17-13(18)10-5-6-11(15)12(16)7-10/h5-7,9,19H,4,8H2,1-3H3,(H,17,18). The van der Waals surface area contributed by atoms with Crippen LogP contribution in [0.4, 0.5) is 8.78 Å². The summed E-state index contributed by atoms with van der Waals surface area (Å²) in [6, 6.07) is 2.94. The summed E-state index contributed by atoms with van der Waals surface area (Å²) in [5.41, 5.74) is -1.01. The van der Waals surface area contributed by atoms with Crippen LogP contribution in [0.1, 0.15) is 37.6 Å². The third-order valence-electron chi connectivity index (χ3n) is 3.46. The van der Waals surface area contributed by atoms with Gasteiger partial charge in [0.1, 0.15) is 0 Å². The Bertz CT molecular complexity index is 461. The summed E-state index contributed by atoms with van der Waals surface area (Å²) in [5.74, 6) is -2.59. The fourth-order valence-corrected chi connectivity index (χ4v) is 1.61. The fourth-order valence-electron chi connectivity index (χ4n) is 1.61. The van der Waals surface area contributed by atoms with Gasteiger partial charge in [-0.1, -0.05) is 20.3 Å². The fraction of sp³-hybridized carbons (Fsp3) is 0.500. The van der Waals surface area contributed by atoms with Crippen molar-refractivity contribution in [1.82, 2.24) is 5.32 Å². The van der Waals surface area contributed by atoms with Crippen LogP contribution in [0.3, 0.4) is 0 Å². The largest absolute Gasteiger partial charge is 0.388 e. The molecule has 3 nitrogen and oxygen atoms in total. The van der Waals surface area contributed by atoms with Crippen molar-refractivity contribution in [2.24, 2.45) is 5.92 Å². The van der Waals surface area contributed by atoms with Gasteiger partial charge in [-0.15, -0.1) is 0 Å². The van der Waals surface area contributed by atoms with E-state index in [1.165, 1.54) is 6.07 Å². The highest BCUT2D eigenvalue weighted by atomic mass is 19.2. The van der Waals surface area contributed by atoms with Gasteiger partial charge >= 0.3 is 0 Å². The SMILES string of the molecule is CCC(C)C(C)(O)CNC(=O)c1ccc(F)c(F)c1. The third-order valence-corrected chi connectivity index (χ3v) is 3.46. The molecule has 2 N–H and O–H groups in total. The summed E-state index contributed by atoms with van der Waals surface area (Å²) in [5, 5.41) is 12.7. The van der Waals surface area contributed by atoms with Crippen molar-refractivity contribution in [1.29, 1.82) is 0 Å². The molecule has 2 unspecified atom stereocenters. The first kappa shape index (κ1) is 15.6. The Hall–Kier alpha value is -1.49. The maximum absolute atomic E-state index is 13.0. The number of aliphatic hydroxyl groups is 1. The second-order valence-corrected chi connectivity index (χ2v) is 4.98. The molecule has 1 aromatic rings. The molecule has 0 fully saturated rings. The van der Waals surface area contributed by atoms with Crippen LogP contribution in [0.5, 0.6) is 0 Å². The maximum Gasteiger partial charge on any atom is 0.251 e. The monoisotopic (exact) mass is 271 g/mol. The van der Waals surface area contributed by atoms with Gasteiger partial charge in [-0.25, -0.2) is 8.78 Å². The number of halogens is 2. The highest BCUT2D eigenvalue weighted by molar-refractivity contribution is 5.94. The van der Waals surface area contributed by atoms with Crippen LogP contribution in [0, 0.1) is 17.6 Å². The van der Waals surface area contributed by atoms with Gasteiger partial charge in [-0.3, -0.25) is 4.79 Å². The van der Waals surface area contributed by atoms with Crippen molar-refractivity contribution in [2.75, 3.05) is 6.54 Å². The van der Waals surface area contributed by atoms with Crippen LogP contribution in [0.15, 0.2) is 18.2 Å². The summed E-state index contributed by atoms with van der Waals surface area (Å²) >= 11 is 0. The van der Waals surface area contributed by atoms with E-state index in [1.54, 1.807) is 6.92 Å². The smallest absolute Gasteiger partial charge is 0.251 e. The van der Waals surface area contributed by atoms with Gasteiger partial charge in [0.15, 0.2) is 11.6 Å². The minimum absolute atomic E-state index is 0.0118. The lowest BCUT2D eigenvalue weighted by Crippen LogP contribution is -2.45. The second kappa shape index (κ2) is 6.10. The van der Waals surface area contributed by atoms with Crippen molar-refractivity contribution in [2.45, 2.75) is 32.8 Å². The highest BCUT2D eigenvalue weighted by Crippen LogP contribution is 2.19. The molecule has 106 valence electrons. The maximum atomic E-state index is 13.0. The Labute approximate surface area is 111 Å². The van der Waals surface area contributed by atoms with Gasteiger partial charge in [-0.05, 0) is 31.0 Å². The molecular weight excluding hydrogens is 252 g/mol. The summed E-state index contributed by atoms with van der Waals surface area (Å²) in [6.45, 7) is 5.51. The van der Waals surface area contributed by atoms with Crippen molar-refractivity contribution in [3.63, 3.8) is 0 Å². The zero-order chi connectivity index (χ0) is 14.6. The number of amides is 1. The molecule has 1 amide bonds. The Kier molecular flexibility index (Phi) is 5.00. The first-order valence-electron chi connectivity index (χ1n) is 6.23. The van der Waals surface area contributed by atoms with Gasteiger partial charge in [0.2, 0.25) is 0 Å². The van der Waals surface area contributed by atoms with Crippen molar-refractivity contribution in [3.05, 3.63) is 35.4 Å². The molecule has 0 aliphatic heterocycles. The average Bonchev–Trinajstić information content (AvgIpc) is 2.38. The lowest BCUT2D eigenvalue weighted by Gasteiger charge is -2.29. The molecule has 0 aliphatic rings. The van der Waals surface area contributed by atoms with Crippen LogP contribution in [0.25, 0.3) is 0 Å². The Morgan fingerprint density at radius 2 is 2.05 bits per heavy atom. The van der Waals surface area contributed by atoms with Gasteiger partial charge in [0.05, 0.1) is 5.60 Å². The van der Waals surface area contributed by atoms with E-state index in [9.17, 15) is 18.7 Å². The molecule has 1 aromatic carbocycles. The van der Waals surface area contributed by atoms with Gasteiger partial charge in [-0.2, -0.15) is 0 Å². The van der Waals surface area contributed by atoms with Gasteiger partial charge in [0.25, 0.3) is 5.91 Å². The van der Waals surface area contributed by atoms with Crippen LogP contribution >= 0.6 is 0 Å². The number of rotatable bonds is 5. The van der Waals surface area contributed by atoms with E-state index < -0.39 is 23.1 Å². The zero-order valence-corrected chi connectivity index (χ0v) is 11.3. The quantitative estimate of drug-likeness (QED) is 0.864. The van der Waals surface area contributed by atoms with Crippen molar-refractivity contribution < 1.29 is 18.7 Å². The molecule has 0 saturated carbocycles. The molecule has 5 heteroatoms. The summed E-state index contributed by atoms with van der Waals surface area (Å²) in [4.78, 5) is 11.8. The Balaban J connectivity index is 2.68. The predicted octanol–water partition coefficient (Wildman–Crippen LogP) is 2.49. The van der Waals surface area contributed by atoms with Crippen molar-refractivity contribution in [3.8, 4) is 0 Å². The zero-order valence-electron chi connectivity index (χ0n) is 11.3. The molecule has 0 radical (unpaired) electrons. The lowest BCUT2D eigenvalue weighted by molar-refractivity contribution is 0.00592. The normalized spacial score (nSPS) is 15.7. The summed E-state index contributed by atoms with van der Waals surface area (Å²) in [6.07, 6.45) is 0.772. The molecule has 0 bridgehead atoms. The van der Waals surface area contributed by atoms with Crippen molar-refractivity contribution >= 4 is 5.91 Å². The first-order valence-corrected chi connectivity index (χ1v) is 6.23. The molecular formula is C14H19F2NO2. The Morgan fingerprint density at radius 3 is 2.58 bits per heavy atom. The highest BCUT2D eigenvalue weighted by Gasteiger charge is 2.27. The first-order chi connectivity index (χ1) is 8.77. The topological polar surface area (TPSA) is 49.3 Å². The molecule has 0 saturated heterocycles. The van der Waals surface area contributed by atoms with E-state index >= 15 is 0 Å². The van der Waals surface area contributed by atoms with Gasteiger partial charge < -0.3 is 10.4 Å². The predicted molar refractivity (Wildman–Crippen MR) is 68.8 cm³/mol. The molecule has 1 rings (SSSR count). The molecule has 19 heavy (non-hydrogen) atoms. The molecule has 0 aliphatic carbocycles. The average molecular weight is 271 g/mol. The number of benzene rings is 1. The Morgan fingerprint density at radius 1 is 1.42 bits per heavy atom. The third kappa shape index (κ3) is 3.99. The van der Waals surface area contributed by atoms with Crippen LogP contribution < -0.4 is 5.32 Å². The summed E-state index contributed by atoms with van der Waals surface area (Å²) in [7, 11) is 0. The van der Waals surface area contributed by atoms with Gasteiger partial charge in [0, 0.05) is 12.1 Å². The number of nitrogens with one attached hydrogen (secondary N) is 1. The molecule has 0 spiro atoms. The summed E-state index contributed by atoms with van der Waals surface area (Å²) < 4.78 is 25.7. The molecule has 2 atom stereocenters. The van der Waals surface area contributed by atoms with Crippen LogP contribution in [-0.4, -0.2) is 23.2 Å². The number of hydrogen-bond donors (Lipinski definition) is 2. The minimum Gasteiger partial charge on any atom is -0.388 e. The molecule has 0 heterocycles. The van der Waals surface area contributed by atoms with E-state index in [1.807, 2.05) is 13.8 Å². The van der Waals surface area contributed by atoms with E-state index in [4.69, 9.17) is 0 Å². The van der Waals surface area contributed by atoms with E-state index in [-0.39, 0.29) is 18.0 Å². The number of hydrogen-bond acceptors (Lipinski definition) is 2. The lowest BCUT2D eigenvalue weighted by atomic mass is 9.88.